The smallest absolute Gasteiger partial charge is 0.434 e. The molecule has 11 heteroatoms. The van der Waals surface area contributed by atoms with Crippen molar-refractivity contribution in [3.63, 3.8) is 0 Å². The second-order valence-electron chi connectivity index (χ2n) is 6.74. The molecule has 32 heavy (non-hydrogen) atoms. The molecule has 2 amide bonds. The van der Waals surface area contributed by atoms with Crippen molar-refractivity contribution in [2.75, 3.05) is 26.0 Å². The Bertz CT molecular complexity index is 1150. The summed E-state index contributed by atoms with van der Waals surface area (Å²) in [6.07, 6.45) is -4.06. The lowest BCUT2D eigenvalue weighted by Crippen LogP contribution is -2.35. The van der Waals surface area contributed by atoms with Crippen molar-refractivity contribution >= 4 is 29.1 Å². The fourth-order valence-electron chi connectivity index (χ4n) is 2.98. The lowest BCUT2D eigenvalue weighted by molar-refractivity contribution is -0.143. The zero-order valence-electron chi connectivity index (χ0n) is 17.0. The first-order valence-electron chi connectivity index (χ1n) is 9.20. The molecule has 0 aliphatic rings. The second-order valence-corrected chi connectivity index (χ2v) is 7.17. The predicted molar refractivity (Wildman–Crippen MR) is 112 cm³/mol. The van der Waals surface area contributed by atoms with Crippen LogP contribution in [0.4, 0.5) is 18.9 Å². The van der Waals surface area contributed by atoms with E-state index in [1.165, 1.54) is 38.4 Å². The number of methoxy groups -OCH3 is 1. The third-order valence-electron chi connectivity index (χ3n) is 4.40. The number of nitrogens with one attached hydrogen (secondary N) is 1. The molecule has 0 spiro atoms. The van der Waals surface area contributed by atoms with Crippen LogP contribution >= 0.6 is 11.6 Å². The highest BCUT2D eigenvalue weighted by Crippen LogP contribution is 2.34. The molecule has 0 aliphatic heterocycles. The van der Waals surface area contributed by atoms with E-state index in [-0.39, 0.29) is 10.7 Å². The summed E-state index contributed by atoms with van der Waals surface area (Å²) in [5.41, 5.74) is -1.48. The van der Waals surface area contributed by atoms with Crippen LogP contribution in [0.3, 0.4) is 0 Å². The molecule has 0 unspecified atom stereocenters. The number of aromatic nitrogens is 2. The highest BCUT2D eigenvalue weighted by molar-refractivity contribution is 6.30. The number of amides is 2. The number of carbonyl (C=O) groups is 2. The number of hydrogen-bond acceptors (Lipinski definition) is 4. The van der Waals surface area contributed by atoms with E-state index in [9.17, 15) is 22.8 Å². The van der Waals surface area contributed by atoms with Crippen LogP contribution in [0.25, 0.3) is 5.69 Å². The van der Waals surface area contributed by atoms with Crippen molar-refractivity contribution in [3.05, 3.63) is 71.0 Å². The largest absolute Gasteiger partial charge is 0.497 e. The van der Waals surface area contributed by atoms with Gasteiger partial charge in [-0.25, -0.2) is 4.68 Å². The van der Waals surface area contributed by atoms with Crippen LogP contribution in [0.2, 0.25) is 5.02 Å². The van der Waals surface area contributed by atoms with Crippen LogP contribution in [0.1, 0.15) is 16.1 Å². The van der Waals surface area contributed by atoms with E-state index in [0.717, 1.165) is 11.1 Å². The van der Waals surface area contributed by atoms with Gasteiger partial charge < -0.3 is 15.0 Å². The van der Waals surface area contributed by atoms with E-state index >= 15 is 0 Å². The summed E-state index contributed by atoms with van der Waals surface area (Å²) in [6.45, 7) is -0.477. The molecule has 0 radical (unpaired) electrons. The van der Waals surface area contributed by atoms with Crippen molar-refractivity contribution < 1.29 is 27.5 Å². The molecule has 3 rings (SSSR count). The van der Waals surface area contributed by atoms with Crippen molar-refractivity contribution in [2.45, 2.75) is 6.18 Å². The number of alkyl halides is 3. The maximum Gasteiger partial charge on any atom is 0.434 e. The van der Waals surface area contributed by atoms with Gasteiger partial charge >= 0.3 is 6.18 Å². The molecule has 3 aromatic rings. The summed E-state index contributed by atoms with van der Waals surface area (Å²) in [4.78, 5) is 25.9. The number of rotatable bonds is 6. The van der Waals surface area contributed by atoms with Crippen LogP contribution in [0.15, 0.2) is 54.7 Å². The number of likely N-dealkylation sites (N-methyl/N-ethyl adjacent to an activating group) is 1. The number of ether oxygens (including phenoxy) is 1. The van der Waals surface area contributed by atoms with Gasteiger partial charge in [-0.2, -0.15) is 18.3 Å². The molecule has 0 saturated heterocycles. The first-order chi connectivity index (χ1) is 15.1. The van der Waals surface area contributed by atoms with Gasteiger partial charge in [-0.3, -0.25) is 9.59 Å². The predicted octanol–water partition coefficient (Wildman–Crippen LogP) is 4.26. The number of anilines is 1. The van der Waals surface area contributed by atoms with Gasteiger partial charge in [0.1, 0.15) is 5.75 Å². The summed E-state index contributed by atoms with van der Waals surface area (Å²) in [5, 5.41) is 6.52. The van der Waals surface area contributed by atoms with E-state index in [2.05, 4.69) is 10.4 Å². The lowest BCUT2D eigenvalue weighted by Gasteiger charge is -2.18. The monoisotopic (exact) mass is 466 g/mol. The average molecular weight is 467 g/mol. The number of hydrogen-bond donors (Lipinski definition) is 1. The highest BCUT2D eigenvalue weighted by Gasteiger charge is 2.41. The number of benzene rings is 2. The van der Waals surface area contributed by atoms with Gasteiger partial charge in [-0.15, -0.1) is 0 Å². The number of nitrogens with zero attached hydrogens (tertiary/aromatic N) is 3. The molecule has 7 nitrogen and oxygen atoms in total. The minimum atomic E-state index is -4.88. The molecule has 1 N–H and O–H groups in total. The van der Waals surface area contributed by atoms with Crippen LogP contribution in [-0.4, -0.2) is 47.2 Å². The minimum Gasteiger partial charge on any atom is -0.497 e. The third kappa shape index (κ3) is 5.20. The highest BCUT2D eigenvalue weighted by atomic mass is 35.5. The van der Waals surface area contributed by atoms with E-state index in [1.807, 2.05) is 0 Å². The SMILES string of the molecule is COc1cccc(NC(=O)CN(C)C(=O)c2cnn(-c3cccc(Cl)c3)c2C(F)(F)F)c1. The van der Waals surface area contributed by atoms with Crippen molar-refractivity contribution in [1.82, 2.24) is 14.7 Å². The molecule has 0 atom stereocenters. The van der Waals surface area contributed by atoms with Gasteiger partial charge in [0.15, 0.2) is 5.69 Å². The van der Waals surface area contributed by atoms with Gasteiger partial charge in [0, 0.05) is 23.8 Å². The zero-order valence-corrected chi connectivity index (χ0v) is 17.7. The van der Waals surface area contributed by atoms with Crippen molar-refractivity contribution in [3.8, 4) is 11.4 Å². The standard InChI is InChI=1S/C21H18ClF3N4O3/c1-28(12-18(30)27-14-6-4-8-16(10-14)32-2)20(31)17-11-26-29(19(17)21(23,24)25)15-7-3-5-13(22)9-15/h3-11H,12H2,1-2H3,(H,27,30). The Morgan fingerprint density at radius 2 is 1.91 bits per heavy atom. The average Bonchev–Trinajstić information content (AvgIpc) is 3.19. The van der Waals surface area contributed by atoms with Gasteiger partial charge in [-0.1, -0.05) is 23.7 Å². The topological polar surface area (TPSA) is 76.5 Å². The van der Waals surface area contributed by atoms with Gasteiger partial charge in [0.05, 0.1) is 31.1 Å². The maximum absolute atomic E-state index is 13.8. The molecule has 0 bridgehead atoms. The fourth-order valence-corrected chi connectivity index (χ4v) is 3.16. The second kappa shape index (κ2) is 9.31. The normalized spacial score (nSPS) is 11.2. The first-order valence-corrected chi connectivity index (χ1v) is 9.58. The Balaban J connectivity index is 1.82. The molecule has 0 saturated carbocycles. The third-order valence-corrected chi connectivity index (χ3v) is 4.64. The Hall–Kier alpha value is -3.53. The quantitative estimate of drug-likeness (QED) is 0.589. The number of carbonyl (C=O) groups excluding carboxylic acids is 2. The van der Waals surface area contributed by atoms with Crippen LogP contribution < -0.4 is 10.1 Å². The van der Waals surface area contributed by atoms with Crippen molar-refractivity contribution in [1.29, 1.82) is 0 Å². The van der Waals surface area contributed by atoms with E-state index in [0.29, 0.717) is 16.1 Å². The molecule has 168 valence electrons. The van der Waals surface area contributed by atoms with E-state index in [1.54, 1.807) is 24.3 Å². The summed E-state index contributed by atoms with van der Waals surface area (Å²) in [6, 6.07) is 12.2. The van der Waals surface area contributed by atoms with Crippen LogP contribution in [-0.2, 0) is 11.0 Å². The van der Waals surface area contributed by atoms with Crippen LogP contribution in [0, 0.1) is 0 Å². The van der Waals surface area contributed by atoms with E-state index < -0.39 is 35.8 Å². The summed E-state index contributed by atoms with van der Waals surface area (Å²) >= 11 is 5.87. The Labute approximate surface area is 186 Å². The summed E-state index contributed by atoms with van der Waals surface area (Å²) < 4.78 is 47.1. The molecule has 2 aromatic carbocycles. The molecule has 0 aliphatic carbocycles. The van der Waals surface area contributed by atoms with Gasteiger partial charge in [-0.05, 0) is 30.3 Å². The molecule has 1 heterocycles. The van der Waals surface area contributed by atoms with E-state index in [4.69, 9.17) is 16.3 Å². The minimum absolute atomic E-state index is 0.0438. The lowest BCUT2D eigenvalue weighted by atomic mass is 10.2. The van der Waals surface area contributed by atoms with Crippen molar-refractivity contribution in [2.24, 2.45) is 0 Å². The van der Waals surface area contributed by atoms with Gasteiger partial charge in [0.25, 0.3) is 5.91 Å². The Morgan fingerprint density at radius 1 is 1.19 bits per heavy atom. The maximum atomic E-state index is 13.8. The molecule has 0 fully saturated rings. The summed E-state index contributed by atoms with van der Waals surface area (Å²) in [5.74, 6) is -1.09. The molecular weight excluding hydrogens is 449 g/mol. The molecular formula is C21H18ClF3N4O3. The Kier molecular flexibility index (Phi) is 6.73. The van der Waals surface area contributed by atoms with Crippen LogP contribution in [0.5, 0.6) is 5.75 Å². The number of halogens is 4. The fraction of sp³-hybridized carbons (Fsp3) is 0.190. The first kappa shape index (κ1) is 23.1. The zero-order chi connectivity index (χ0) is 23.5. The summed E-state index contributed by atoms with van der Waals surface area (Å²) in [7, 11) is 2.69. The molecule has 1 aromatic heterocycles. The Morgan fingerprint density at radius 3 is 2.56 bits per heavy atom. The van der Waals surface area contributed by atoms with Gasteiger partial charge in [0.2, 0.25) is 5.91 Å².